The predicted octanol–water partition coefficient (Wildman–Crippen LogP) is 4.12. The number of ether oxygens (including phenoxy) is 1. The lowest BCUT2D eigenvalue weighted by Crippen LogP contribution is -2.45. The Balaban J connectivity index is 1.80. The van der Waals surface area contributed by atoms with Gasteiger partial charge in [-0.1, -0.05) is 18.6 Å². The van der Waals surface area contributed by atoms with Gasteiger partial charge < -0.3 is 15.0 Å². The van der Waals surface area contributed by atoms with Crippen LogP contribution in [0, 0.1) is 0 Å². The summed E-state index contributed by atoms with van der Waals surface area (Å²) in [6, 6.07) is 7.85. The number of nitrogens with one attached hydrogen (secondary N) is 1. The first-order valence-corrected chi connectivity index (χ1v) is 9.40. The highest BCUT2D eigenvalue weighted by molar-refractivity contribution is 7.80. The Hall–Kier alpha value is -1.88. The zero-order valence-electron chi connectivity index (χ0n) is 15.2. The maximum atomic E-state index is 12.2. The second-order valence-electron chi connectivity index (χ2n) is 6.94. The molecule has 1 atom stereocenters. The Labute approximate surface area is 155 Å². The van der Waals surface area contributed by atoms with Crippen LogP contribution >= 0.6 is 12.2 Å². The van der Waals surface area contributed by atoms with Gasteiger partial charge in [0.25, 0.3) is 0 Å². The highest BCUT2D eigenvalue weighted by atomic mass is 32.1. The molecule has 1 aromatic carbocycles. The van der Waals surface area contributed by atoms with Crippen LogP contribution in [0.25, 0.3) is 0 Å². The summed E-state index contributed by atoms with van der Waals surface area (Å²) in [5.74, 6) is 0.961. The quantitative estimate of drug-likeness (QED) is 0.820. The first-order valence-electron chi connectivity index (χ1n) is 9.00. The van der Waals surface area contributed by atoms with Crippen LogP contribution in [-0.2, 0) is 4.79 Å². The molecule has 1 aromatic rings. The molecule has 134 valence electrons. The van der Waals surface area contributed by atoms with Crippen LogP contribution in [0.15, 0.2) is 35.5 Å². The van der Waals surface area contributed by atoms with Gasteiger partial charge in [0, 0.05) is 18.3 Å². The highest BCUT2D eigenvalue weighted by Gasteiger charge is 2.30. The predicted molar refractivity (Wildman–Crippen MR) is 104 cm³/mol. The van der Waals surface area contributed by atoms with Crippen molar-refractivity contribution in [2.24, 2.45) is 0 Å². The molecule has 1 heterocycles. The van der Waals surface area contributed by atoms with Crippen molar-refractivity contribution >= 4 is 23.1 Å². The third-order valence-corrected chi connectivity index (χ3v) is 5.59. The van der Waals surface area contributed by atoms with Gasteiger partial charge in [0.2, 0.25) is 0 Å². The van der Waals surface area contributed by atoms with Gasteiger partial charge in [-0.25, -0.2) is 0 Å². The molecule has 0 amide bonds. The molecule has 1 unspecified atom stereocenters. The number of nitrogens with zero attached hydrogens (tertiary/aromatic N) is 1. The maximum Gasteiger partial charge on any atom is 0.173 e. The topological polar surface area (TPSA) is 41.6 Å². The average molecular weight is 359 g/mol. The number of ketones is 1. The third kappa shape index (κ3) is 3.87. The van der Waals surface area contributed by atoms with Crippen molar-refractivity contribution in [2.75, 3.05) is 7.05 Å². The molecule has 1 fully saturated rings. The number of rotatable bonds is 4. The van der Waals surface area contributed by atoms with E-state index >= 15 is 0 Å². The number of carbonyl (C=O) groups is 1. The van der Waals surface area contributed by atoms with E-state index in [1.54, 1.807) is 6.92 Å². The first-order chi connectivity index (χ1) is 12.0. The molecule has 25 heavy (non-hydrogen) atoms. The van der Waals surface area contributed by atoms with Crippen molar-refractivity contribution in [3.63, 3.8) is 0 Å². The summed E-state index contributed by atoms with van der Waals surface area (Å²) in [5, 5.41) is 3.92. The average Bonchev–Trinajstić information content (AvgIpc) is 2.60. The second-order valence-corrected chi connectivity index (χ2v) is 7.33. The van der Waals surface area contributed by atoms with E-state index in [9.17, 15) is 4.79 Å². The summed E-state index contributed by atoms with van der Waals surface area (Å²) in [7, 11) is 1.88. The van der Waals surface area contributed by atoms with Crippen LogP contribution in [0.5, 0.6) is 5.75 Å². The van der Waals surface area contributed by atoms with Crippen LogP contribution in [0.2, 0.25) is 0 Å². The molecular weight excluding hydrogens is 332 g/mol. The minimum absolute atomic E-state index is 0.0619. The Morgan fingerprint density at radius 3 is 2.44 bits per heavy atom. The van der Waals surface area contributed by atoms with Crippen molar-refractivity contribution in [1.82, 2.24) is 10.2 Å². The van der Waals surface area contributed by atoms with E-state index < -0.39 is 0 Å². The van der Waals surface area contributed by atoms with Gasteiger partial charge in [-0.2, -0.15) is 0 Å². The van der Waals surface area contributed by atoms with Crippen molar-refractivity contribution < 1.29 is 9.53 Å². The summed E-state index contributed by atoms with van der Waals surface area (Å²) in [6.45, 7) is 3.55. The SMILES string of the molecule is CC(=O)C1=C(C)N(C)C(=S)NC1c1ccc(OC2CCCCC2)cc1. The van der Waals surface area contributed by atoms with Gasteiger partial charge in [0.15, 0.2) is 10.9 Å². The second kappa shape index (κ2) is 7.56. The molecule has 0 radical (unpaired) electrons. The molecule has 0 saturated heterocycles. The zero-order valence-corrected chi connectivity index (χ0v) is 16.0. The van der Waals surface area contributed by atoms with E-state index in [0.29, 0.717) is 11.2 Å². The largest absolute Gasteiger partial charge is 0.490 e. The van der Waals surface area contributed by atoms with Gasteiger partial charge in [0.05, 0.1) is 12.1 Å². The first kappa shape index (κ1) is 17.9. The van der Waals surface area contributed by atoms with E-state index in [1.807, 2.05) is 43.1 Å². The van der Waals surface area contributed by atoms with Crippen molar-refractivity contribution in [1.29, 1.82) is 0 Å². The van der Waals surface area contributed by atoms with E-state index in [0.717, 1.165) is 35.4 Å². The zero-order chi connectivity index (χ0) is 18.0. The number of Topliss-reactive ketones (excluding diaryl/α,β-unsaturated/α-hetero) is 1. The lowest BCUT2D eigenvalue weighted by atomic mass is 9.92. The summed E-state index contributed by atoms with van der Waals surface area (Å²) >= 11 is 5.40. The molecule has 2 aliphatic rings. The lowest BCUT2D eigenvalue weighted by Gasteiger charge is -2.35. The monoisotopic (exact) mass is 358 g/mol. The smallest absolute Gasteiger partial charge is 0.173 e. The number of hydrogen-bond acceptors (Lipinski definition) is 3. The molecule has 5 heteroatoms. The normalized spacial score (nSPS) is 22.0. The van der Waals surface area contributed by atoms with Gasteiger partial charge >= 0.3 is 0 Å². The van der Waals surface area contributed by atoms with Crippen LogP contribution in [0.1, 0.15) is 57.6 Å². The summed E-state index contributed by atoms with van der Waals surface area (Å²) in [4.78, 5) is 14.0. The fraction of sp³-hybridized carbons (Fsp3) is 0.500. The van der Waals surface area contributed by atoms with Crippen molar-refractivity contribution in [3.05, 3.63) is 41.1 Å². The lowest BCUT2D eigenvalue weighted by molar-refractivity contribution is -0.114. The molecule has 3 rings (SSSR count). The molecule has 1 saturated carbocycles. The number of hydrogen-bond donors (Lipinski definition) is 1. The standard InChI is InChI=1S/C20H26N2O2S/c1-13-18(14(2)23)19(21-20(25)22(13)3)15-9-11-17(12-10-15)24-16-7-5-4-6-8-16/h9-12,16,19H,4-8H2,1-3H3,(H,21,25). The minimum atomic E-state index is -0.204. The highest BCUT2D eigenvalue weighted by Crippen LogP contribution is 2.32. The van der Waals surface area contributed by atoms with Crippen molar-refractivity contribution in [2.45, 2.75) is 58.1 Å². The maximum absolute atomic E-state index is 12.2. The third-order valence-electron chi connectivity index (χ3n) is 5.20. The Bertz CT molecular complexity index is 690. The summed E-state index contributed by atoms with van der Waals surface area (Å²) < 4.78 is 6.10. The number of allylic oxidation sites excluding steroid dienone is 1. The molecule has 1 aliphatic carbocycles. The fourth-order valence-corrected chi connectivity index (χ4v) is 3.91. The van der Waals surface area contributed by atoms with Gasteiger partial charge in [-0.05, 0) is 69.4 Å². The molecule has 0 spiro atoms. The molecule has 0 bridgehead atoms. The summed E-state index contributed by atoms with van der Waals surface area (Å²) in [6.07, 6.45) is 6.45. The minimum Gasteiger partial charge on any atom is -0.490 e. The molecule has 1 N–H and O–H groups in total. The van der Waals surface area contributed by atoms with Crippen LogP contribution in [-0.4, -0.2) is 28.9 Å². The fourth-order valence-electron chi connectivity index (χ4n) is 3.66. The van der Waals surface area contributed by atoms with E-state index in [2.05, 4.69) is 5.32 Å². The molecular formula is C20H26N2O2S. The van der Waals surface area contributed by atoms with E-state index in [4.69, 9.17) is 17.0 Å². The van der Waals surface area contributed by atoms with Crippen LogP contribution in [0.4, 0.5) is 0 Å². The van der Waals surface area contributed by atoms with Gasteiger partial charge in [-0.15, -0.1) is 0 Å². The molecule has 0 aromatic heterocycles. The van der Waals surface area contributed by atoms with Gasteiger partial charge in [-0.3, -0.25) is 4.79 Å². The van der Waals surface area contributed by atoms with Crippen LogP contribution in [0.3, 0.4) is 0 Å². The van der Waals surface area contributed by atoms with E-state index in [1.165, 1.54) is 19.3 Å². The van der Waals surface area contributed by atoms with Crippen molar-refractivity contribution in [3.8, 4) is 5.75 Å². The number of thiocarbonyl (C=S) groups is 1. The van der Waals surface area contributed by atoms with Gasteiger partial charge in [0.1, 0.15) is 5.75 Å². The van der Waals surface area contributed by atoms with E-state index in [-0.39, 0.29) is 11.8 Å². The Kier molecular flexibility index (Phi) is 5.42. The number of benzene rings is 1. The summed E-state index contributed by atoms with van der Waals surface area (Å²) in [5.41, 5.74) is 2.69. The Morgan fingerprint density at radius 2 is 1.84 bits per heavy atom. The Morgan fingerprint density at radius 1 is 1.20 bits per heavy atom. The molecule has 4 nitrogen and oxygen atoms in total. The van der Waals surface area contributed by atoms with Crippen LogP contribution < -0.4 is 10.1 Å². The number of carbonyl (C=O) groups excluding carboxylic acids is 1. The molecule has 1 aliphatic heterocycles.